The third kappa shape index (κ3) is 4.29. The molecule has 0 radical (unpaired) electrons. The standard InChI is InChI=1S/C16H19BrN2O2/c1-3-6-21-14-8-11(18)7-13(9-14)19-12-4-5-15(17)16(10-12)20-2/h4-5,7-10,19H,3,6,18H2,1-2H3. The second-order valence-electron chi connectivity index (χ2n) is 4.61. The summed E-state index contributed by atoms with van der Waals surface area (Å²) in [4.78, 5) is 0. The number of benzene rings is 2. The molecular formula is C16H19BrN2O2. The van der Waals surface area contributed by atoms with E-state index in [2.05, 4.69) is 28.2 Å². The molecule has 0 heterocycles. The molecule has 0 aliphatic heterocycles. The zero-order valence-corrected chi connectivity index (χ0v) is 13.7. The highest BCUT2D eigenvalue weighted by Crippen LogP contribution is 2.31. The van der Waals surface area contributed by atoms with E-state index < -0.39 is 0 Å². The van der Waals surface area contributed by atoms with Crippen molar-refractivity contribution in [3.05, 3.63) is 40.9 Å². The smallest absolute Gasteiger partial charge is 0.135 e. The summed E-state index contributed by atoms with van der Waals surface area (Å²) in [5.41, 5.74) is 8.37. The molecule has 2 aromatic carbocycles. The molecule has 0 aliphatic carbocycles. The zero-order chi connectivity index (χ0) is 15.2. The van der Waals surface area contributed by atoms with Gasteiger partial charge in [0.15, 0.2) is 0 Å². The van der Waals surface area contributed by atoms with Crippen LogP contribution in [0.1, 0.15) is 13.3 Å². The van der Waals surface area contributed by atoms with E-state index in [1.54, 1.807) is 7.11 Å². The van der Waals surface area contributed by atoms with E-state index in [4.69, 9.17) is 15.2 Å². The normalized spacial score (nSPS) is 10.2. The Balaban J connectivity index is 2.20. The number of nitrogens with two attached hydrogens (primary N) is 1. The molecule has 2 aromatic rings. The van der Waals surface area contributed by atoms with Gasteiger partial charge in [0.25, 0.3) is 0 Å². The fourth-order valence-electron chi connectivity index (χ4n) is 1.90. The zero-order valence-electron chi connectivity index (χ0n) is 12.2. The Kier molecular flexibility index (Phi) is 5.33. The lowest BCUT2D eigenvalue weighted by Gasteiger charge is -2.12. The Labute approximate surface area is 133 Å². The van der Waals surface area contributed by atoms with Gasteiger partial charge in [-0.05, 0) is 40.5 Å². The maximum Gasteiger partial charge on any atom is 0.135 e. The van der Waals surface area contributed by atoms with Crippen molar-refractivity contribution in [2.75, 3.05) is 24.8 Å². The van der Waals surface area contributed by atoms with Crippen molar-refractivity contribution in [2.45, 2.75) is 13.3 Å². The Hall–Kier alpha value is -1.88. The number of methoxy groups -OCH3 is 1. The summed E-state index contributed by atoms with van der Waals surface area (Å²) in [5, 5.41) is 3.30. The van der Waals surface area contributed by atoms with Gasteiger partial charge >= 0.3 is 0 Å². The van der Waals surface area contributed by atoms with Crippen molar-refractivity contribution < 1.29 is 9.47 Å². The number of ether oxygens (including phenoxy) is 2. The van der Waals surface area contributed by atoms with Crippen LogP contribution in [0.5, 0.6) is 11.5 Å². The van der Waals surface area contributed by atoms with Crippen LogP contribution in [0.4, 0.5) is 17.1 Å². The quantitative estimate of drug-likeness (QED) is 0.749. The van der Waals surface area contributed by atoms with Crippen LogP contribution in [0.15, 0.2) is 40.9 Å². The first-order chi connectivity index (χ1) is 10.1. The Morgan fingerprint density at radius 3 is 2.67 bits per heavy atom. The van der Waals surface area contributed by atoms with Crippen molar-refractivity contribution in [3.63, 3.8) is 0 Å². The van der Waals surface area contributed by atoms with Gasteiger partial charge in [0.1, 0.15) is 11.5 Å². The minimum Gasteiger partial charge on any atom is -0.495 e. The Bertz CT molecular complexity index is 617. The van der Waals surface area contributed by atoms with Gasteiger partial charge in [-0.3, -0.25) is 0 Å². The van der Waals surface area contributed by atoms with Crippen LogP contribution in [-0.2, 0) is 0 Å². The Morgan fingerprint density at radius 2 is 1.95 bits per heavy atom. The molecule has 112 valence electrons. The van der Waals surface area contributed by atoms with Gasteiger partial charge < -0.3 is 20.5 Å². The maximum atomic E-state index is 5.91. The summed E-state index contributed by atoms with van der Waals surface area (Å²) in [5.74, 6) is 1.54. The van der Waals surface area contributed by atoms with Gasteiger partial charge in [-0.1, -0.05) is 6.92 Å². The minimum absolute atomic E-state index is 0.662. The summed E-state index contributed by atoms with van der Waals surface area (Å²) in [7, 11) is 1.64. The molecule has 0 saturated carbocycles. The van der Waals surface area contributed by atoms with E-state index in [1.807, 2.05) is 36.4 Å². The van der Waals surface area contributed by atoms with E-state index >= 15 is 0 Å². The topological polar surface area (TPSA) is 56.5 Å². The van der Waals surface area contributed by atoms with Gasteiger partial charge in [0, 0.05) is 35.3 Å². The first-order valence-corrected chi connectivity index (χ1v) is 7.55. The lowest BCUT2D eigenvalue weighted by molar-refractivity contribution is 0.318. The molecule has 2 rings (SSSR count). The third-order valence-corrected chi connectivity index (χ3v) is 3.50. The summed E-state index contributed by atoms with van der Waals surface area (Å²) in [6, 6.07) is 11.4. The highest BCUT2D eigenvalue weighted by molar-refractivity contribution is 9.10. The van der Waals surface area contributed by atoms with Gasteiger partial charge in [-0.25, -0.2) is 0 Å². The van der Waals surface area contributed by atoms with Gasteiger partial charge in [0.05, 0.1) is 18.2 Å². The summed E-state index contributed by atoms with van der Waals surface area (Å²) < 4.78 is 11.8. The number of anilines is 3. The van der Waals surface area contributed by atoms with Crippen molar-refractivity contribution >= 4 is 33.0 Å². The van der Waals surface area contributed by atoms with Crippen LogP contribution < -0.4 is 20.5 Å². The van der Waals surface area contributed by atoms with E-state index in [-0.39, 0.29) is 0 Å². The van der Waals surface area contributed by atoms with Crippen molar-refractivity contribution in [1.29, 1.82) is 0 Å². The number of hydrogen-bond acceptors (Lipinski definition) is 4. The molecule has 0 amide bonds. The molecule has 0 aromatic heterocycles. The van der Waals surface area contributed by atoms with Crippen LogP contribution in [0, 0.1) is 0 Å². The molecule has 0 bridgehead atoms. The van der Waals surface area contributed by atoms with E-state index in [1.165, 1.54) is 0 Å². The molecule has 0 atom stereocenters. The third-order valence-electron chi connectivity index (χ3n) is 2.84. The average molecular weight is 351 g/mol. The summed E-state index contributed by atoms with van der Waals surface area (Å²) >= 11 is 3.43. The lowest BCUT2D eigenvalue weighted by Crippen LogP contribution is -1.98. The highest BCUT2D eigenvalue weighted by atomic mass is 79.9. The first kappa shape index (κ1) is 15.5. The molecule has 0 unspecified atom stereocenters. The highest BCUT2D eigenvalue weighted by Gasteiger charge is 2.04. The first-order valence-electron chi connectivity index (χ1n) is 6.76. The van der Waals surface area contributed by atoms with Crippen LogP contribution in [0.25, 0.3) is 0 Å². The van der Waals surface area contributed by atoms with Gasteiger partial charge in [-0.2, -0.15) is 0 Å². The van der Waals surface area contributed by atoms with Crippen molar-refractivity contribution in [2.24, 2.45) is 0 Å². The van der Waals surface area contributed by atoms with Crippen LogP contribution in [0.2, 0.25) is 0 Å². The van der Waals surface area contributed by atoms with E-state index in [0.717, 1.165) is 33.8 Å². The second-order valence-corrected chi connectivity index (χ2v) is 5.47. The largest absolute Gasteiger partial charge is 0.495 e. The molecule has 4 nitrogen and oxygen atoms in total. The van der Waals surface area contributed by atoms with Crippen molar-refractivity contribution in [1.82, 2.24) is 0 Å². The fraction of sp³-hybridized carbons (Fsp3) is 0.250. The Morgan fingerprint density at radius 1 is 1.14 bits per heavy atom. The van der Waals surface area contributed by atoms with E-state index in [9.17, 15) is 0 Å². The average Bonchev–Trinajstić information content (AvgIpc) is 2.46. The van der Waals surface area contributed by atoms with Crippen LogP contribution in [-0.4, -0.2) is 13.7 Å². The number of hydrogen-bond donors (Lipinski definition) is 2. The molecule has 21 heavy (non-hydrogen) atoms. The second kappa shape index (κ2) is 7.22. The molecule has 0 spiro atoms. The maximum absolute atomic E-state index is 5.91. The molecule has 0 fully saturated rings. The fourth-order valence-corrected chi connectivity index (χ4v) is 2.31. The predicted molar refractivity (Wildman–Crippen MR) is 90.6 cm³/mol. The lowest BCUT2D eigenvalue weighted by atomic mass is 10.2. The van der Waals surface area contributed by atoms with Crippen molar-refractivity contribution in [3.8, 4) is 11.5 Å². The summed E-state index contributed by atoms with van der Waals surface area (Å²) in [6.07, 6.45) is 0.960. The number of nitrogen functional groups attached to an aromatic ring is 1. The molecular weight excluding hydrogens is 332 g/mol. The van der Waals surface area contributed by atoms with Gasteiger partial charge in [-0.15, -0.1) is 0 Å². The minimum atomic E-state index is 0.662. The number of halogens is 1. The van der Waals surface area contributed by atoms with Gasteiger partial charge in [0.2, 0.25) is 0 Å². The number of nitrogens with one attached hydrogen (secondary N) is 1. The SMILES string of the molecule is CCCOc1cc(N)cc(Nc2ccc(Br)c(OC)c2)c1. The molecule has 0 saturated heterocycles. The monoisotopic (exact) mass is 350 g/mol. The van der Waals surface area contributed by atoms with Crippen LogP contribution >= 0.6 is 15.9 Å². The molecule has 0 aliphatic rings. The van der Waals surface area contributed by atoms with Crippen LogP contribution in [0.3, 0.4) is 0 Å². The molecule has 5 heteroatoms. The summed E-state index contributed by atoms with van der Waals surface area (Å²) in [6.45, 7) is 2.74. The predicted octanol–water partition coefficient (Wildman–Crippen LogP) is 4.57. The molecule has 3 N–H and O–H groups in total. The van der Waals surface area contributed by atoms with E-state index in [0.29, 0.717) is 12.3 Å². The number of rotatable bonds is 6.